The molecule has 17 heavy (non-hydrogen) atoms. The number of nitrogens with zero attached hydrogens (tertiary/aromatic N) is 3. The highest BCUT2D eigenvalue weighted by atomic mass is 16.5. The van der Waals surface area contributed by atoms with Gasteiger partial charge >= 0.3 is 0 Å². The van der Waals surface area contributed by atoms with Gasteiger partial charge in [-0.25, -0.2) is 4.68 Å². The van der Waals surface area contributed by atoms with E-state index in [2.05, 4.69) is 15.6 Å². The predicted octanol–water partition coefficient (Wildman–Crippen LogP) is 0.560. The summed E-state index contributed by atoms with van der Waals surface area (Å²) in [4.78, 5) is 0. The molecule has 6 nitrogen and oxygen atoms in total. The summed E-state index contributed by atoms with van der Waals surface area (Å²) < 4.78 is 12.8. The van der Waals surface area contributed by atoms with Gasteiger partial charge in [-0.3, -0.25) is 0 Å². The van der Waals surface area contributed by atoms with Gasteiger partial charge in [0.25, 0.3) is 0 Å². The van der Waals surface area contributed by atoms with Crippen molar-refractivity contribution in [1.29, 1.82) is 0 Å². The Morgan fingerprint density at radius 3 is 3.41 bits per heavy atom. The molecule has 0 spiro atoms. The van der Waals surface area contributed by atoms with Crippen molar-refractivity contribution < 1.29 is 9.15 Å². The summed E-state index contributed by atoms with van der Waals surface area (Å²) in [5, 5.41) is 11.2. The van der Waals surface area contributed by atoms with E-state index in [9.17, 15) is 0 Å². The fourth-order valence-electron chi connectivity index (χ4n) is 1.89. The fourth-order valence-corrected chi connectivity index (χ4v) is 1.89. The van der Waals surface area contributed by atoms with E-state index in [0.717, 1.165) is 31.1 Å². The number of hydrogen-bond donors (Lipinski definition) is 1. The minimum atomic E-state index is 0.138. The van der Waals surface area contributed by atoms with Crippen LogP contribution in [0.25, 0.3) is 0 Å². The monoisotopic (exact) mass is 234 g/mol. The Kier molecular flexibility index (Phi) is 2.89. The van der Waals surface area contributed by atoms with Crippen LogP contribution >= 0.6 is 0 Å². The number of nitrogens with one attached hydrogen (secondary N) is 1. The maximum absolute atomic E-state index is 5.69. The maximum Gasteiger partial charge on any atom is 0.117 e. The molecule has 2 aromatic heterocycles. The third kappa shape index (κ3) is 2.37. The summed E-state index contributed by atoms with van der Waals surface area (Å²) >= 11 is 0. The zero-order chi connectivity index (χ0) is 11.5. The Labute approximate surface area is 98.6 Å². The Hall–Kier alpha value is -1.66. The standard InChI is InChI=1S/C11H14N4O2/c1-2-10(16-3-1)5-12-6-11-7-15-9(8-17-11)4-13-14-15/h1-4,11-12H,5-8H2/t11-/m1/s1. The normalized spacial score (nSPS) is 19.2. The number of furan rings is 1. The largest absolute Gasteiger partial charge is 0.468 e. The molecule has 2 aromatic rings. The lowest BCUT2D eigenvalue weighted by Gasteiger charge is -2.23. The Morgan fingerprint density at radius 2 is 2.53 bits per heavy atom. The van der Waals surface area contributed by atoms with Gasteiger partial charge in [-0.1, -0.05) is 5.21 Å². The van der Waals surface area contributed by atoms with E-state index < -0.39 is 0 Å². The van der Waals surface area contributed by atoms with E-state index in [-0.39, 0.29) is 6.10 Å². The molecule has 6 heteroatoms. The zero-order valence-corrected chi connectivity index (χ0v) is 9.37. The van der Waals surface area contributed by atoms with Crippen LogP contribution in [-0.4, -0.2) is 27.6 Å². The van der Waals surface area contributed by atoms with Crippen molar-refractivity contribution in [3.63, 3.8) is 0 Å². The van der Waals surface area contributed by atoms with Crippen molar-refractivity contribution in [2.75, 3.05) is 6.54 Å². The minimum Gasteiger partial charge on any atom is -0.468 e. The SMILES string of the molecule is c1coc(CNC[C@@H]2Cn3nncc3CO2)c1. The highest BCUT2D eigenvalue weighted by Crippen LogP contribution is 2.10. The van der Waals surface area contributed by atoms with E-state index >= 15 is 0 Å². The molecule has 3 heterocycles. The van der Waals surface area contributed by atoms with Crippen LogP contribution in [0.2, 0.25) is 0 Å². The van der Waals surface area contributed by atoms with Gasteiger partial charge in [-0.05, 0) is 12.1 Å². The maximum atomic E-state index is 5.69. The molecule has 1 aliphatic heterocycles. The molecule has 0 unspecified atom stereocenters. The molecule has 1 atom stereocenters. The molecule has 90 valence electrons. The van der Waals surface area contributed by atoms with Crippen molar-refractivity contribution in [3.05, 3.63) is 36.0 Å². The first-order valence-corrected chi connectivity index (χ1v) is 5.64. The van der Waals surface area contributed by atoms with Crippen LogP contribution in [-0.2, 0) is 24.4 Å². The number of ether oxygens (including phenoxy) is 1. The first kappa shape index (κ1) is 10.5. The highest BCUT2D eigenvalue weighted by molar-refractivity contribution is 4.98. The Balaban J connectivity index is 1.48. The Morgan fingerprint density at radius 1 is 1.53 bits per heavy atom. The third-order valence-corrected chi connectivity index (χ3v) is 2.79. The summed E-state index contributed by atoms with van der Waals surface area (Å²) in [6, 6.07) is 3.83. The van der Waals surface area contributed by atoms with E-state index in [4.69, 9.17) is 9.15 Å². The van der Waals surface area contributed by atoms with Crippen LogP contribution in [0.15, 0.2) is 29.0 Å². The second-order valence-electron chi connectivity index (χ2n) is 4.05. The molecule has 0 saturated carbocycles. The van der Waals surface area contributed by atoms with Gasteiger partial charge in [0.05, 0.1) is 44.0 Å². The molecule has 0 aromatic carbocycles. The van der Waals surface area contributed by atoms with Crippen LogP contribution in [0.1, 0.15) is 11.5 Å². The van der Waals surface area contributed by atoms with Gasteiger partial charge < -0.3 is 14.5 Å². The summed E-state index contributed by atoms with van der Waals surface area (Å²) in [7, 11) is 0. The van der Waals surface area contributed by atoms with Crippen LogP contribution in [0.3, 0.4) is 0 Å². The van der Waals surface area contributed by atoms with Gasteiger partial charge in [-0.2, -0.15) is 0 Å². The van der Waals surface area contributed by atoms with Crippen molar-refractivity contribution in [2.24, 2.45) is 0 Å². The summed E-state index contributed by atoms with van der Waals surface area (Å²) in [5.74, 6) is 0.933. The van der Waals surface area contributed by atoms with Crippen LogP contribution in [0.5, 0.6) is 0 Å². The smallest absolute Gasteiger partial charge is 0.117 e. The second-order valence-corrected chi connectivity index (χ2v) is 4.05. The van der Waals surface area contributed by atoms with E-state index in [1.165, 1.54) is 0 Å². The van der Waals surface area contributed by atoms with Gasteiger partial charge in [0.15, 0.2) is 0 Å². The van der Waals surface area contributed by atoms with Crippen molar-refractivity contribution in [1.82, 2.24) is 20.3 Å². The summed E-state index contributed by atoms with van der Waals surface area (Å²) in [6.45, 7) is 2.83. The highest BCUT2D eigenvalue weighted by Gasteiger charge is 2.19. The van der Waals surface area contributed by atoms with E-state index in [0.29, 0.717) is 6.61 Å². The molecule has 0 amide bonds. The van der Waals surface area contributed by atoms with Crippen molar-refractivity contribution in [3.8, 4) is 0 Å². The third-order valence-electron chi connectivity index (χ3n) is 2.79. The van der Waals surface area contributed by atoms with Gasteiger partial charge in [0.2, 0.25) is 0 Å². The number of hydrogen-bond acceptors (Lipinski definition) is 5. The van der Waals surface area contributed by atoms with Gasteiger partial charge in [0, 0.05) is 6.54 Å². The van der Waals surface area contributed by atoms with Gasteiger partial charge in [-0.15, -0.1) is 5.10 Å². The summed E-state index contributed by atoms with van der Waals surface area (Å²) in [6.07, 6.45) is 3.56. The molecular weight excluding hydrogens is 220 g/mol. The lowest BCUT2D eigenvalue weighted by atomic mass is 10.3. The van der Waals surface area contributed by atoms with Crippen LogP contribution in [0, 0.1) is 0 Å². The molecule has 0 saturated heterocycles. The minimum absolute atomic E-state index is 0.138. The molecule has 1 aliphatic rings. The number of fused-ring (bicyclic) bond motifs is 1. The molecule has 3 rings (SSSR count). The second kappa shape index (κ2) is 4.68. The van der Waals surface area contributed by atoms with E-state index in [1.807, 2.05) is 16.8 Å². The molecule has 0 aliphatic carbocycles. The fraction of sp³-hybridized carbons (Fsp3) is 0.455. The molecule has 0 radical (unpaired) electrons. The van der Waals surface area contributed by atoms with Crippen molar-refractivity contribution in [2.45, 2.75) is 25.8 Å². The van der Waals surface area contributed by atoms with Gasteiger partial charge in [0.1, 0.15) is 5.76 Å². The first-order chi connectivity index (χ1) is 8.42. The topological polar surface area (TPSA) is 65.1 Å². The number of rotatable bonds is 4. The molecule has 1 N–H and O–H groups in total. The first-order valence-electron chi connectivity index (χ1n) is 5.64. The Bertz CT molecular complexity index is 466. The molecular formula is C11H14N4O2. The molecule has 0 fully saturated rings. The lowest BCUT2D eigenvalue weighted by Crippen LogP contribution is -2.36. The van der Waals surface area contributed by atoms with Crippen LogP contribution in [0.4, 0.5) is 0 Å². The van der Waals surface area contributed by atoms with E-state index in [1.54, 1.807) is 12.5 Å². The lowest BCUT2D eigenvalue weighted by molar-refractivity contribution is 0.000791. The average Bonchev–Trinajstić information content (AvgIpc) is 2.98. The zero-order valence-electron chi connectivity index (χ0n) is 9.37. The summed E-state index contributed by atoms with van der Waals surface area (Å²) in [5.41, 5.74) is 1.03. The average molecular weight is 234 g/mol. The van der Waals surface area contributed by atoms with Crippen molar-refractivity contribution >= 4 is 0 Å². The molecule has 0 bridgehead atoms. The van der Waals surface area contributed by atoms with Crippen LogP contribution < -0.4 is 5.32 Å². The quantitative estimate of drug-likeness (QED) is 0.837. The predicted molar refractivity (Wildman–Crippen MR) is 59.0 cm³/mol. The number of aromatic nitrogens is 3.